The van der Waals surface area contributed by atoms with Gasteiger partial charge in [0.1, 0.15) is 5.82 Å². The van der Waals surface area contributed by atoms with E-state index in [2.05, 4.69) is 10.4 Å². The van der Waals surface area contributed by atoms with E-state index in [0.717, 1.165) is 26.7 Å². The molecule has 5 aromatic rings. The number of hydrogen-bond donors (Lipinski definition) is 1. The van der Waals surface area contributed by atoms with E-state index in [1.807, 2.05) is 67.6 Å². The smallest absolute Gasteiger partial charge is 0.257 e. The van der Waals surface area contributed by atoms with Crippen molar-refractivity contribution < 1.29 is 14.3 Å². The van der Waals surface area contributed by atoms with Crippen molar-refractivity contribution in [2.45, 2.75) is 6.92 Å². The molecular weight excluding hydrogens is 412 g/mol. The molecular formula is C23H16N4O3S. The number of carbonyl (C=O) groups is 1. The lowest BCUT2D eigenvalue weighted by molar-refractivity contribution is 0.102. The van der Waals surface area contributed by atoms with E-state index in [9.17, 15) is 4.79 Å². The second-order valence-electron chi connectivity index (χ2n) is 7.23. The number of fused-ring (bicyclic) bond motifs is 3. The van der Waals surface area contributed by atoms with E-state index >= 15 is 0 Å². The Bertz CT molecular complexity index is 1440. The summed E-state index contributed by atoms with van der Waals surface area (Å²) in [5, 5.41) is 10.1. The van der Waals surface area contributed by atoms with Gasteiger partial charge in [-0.25, -0.2) is 4.98 Å². The molecule has 0 atom stereocenters. The summed E-state index contributed by atoms with van der Waals surface area (Å²) in [6.07, 6.45) is 0. The van der Waals surface area contributed by atoms with Crippen molar-refractivity contribution in [1.82, 2.24) is 14.8 Å². The molecule has 8 heteroatoms. The fourth-order valence-electron chi connectivity index (χ4n) is 3.74. The molecule has 0 bridgehead atoms. The van der Waals surface area contributed by atoms with Crippen molar-refractivity contribution in [2.75, 3.05) is 12.1 Å². The number of carbonyl (C=O) groups excluding carboxylic acids is 1. The highest BCUT2D eigenvalue weighted by atomic mass is 32.1. The van der Waals surface area contributed by atoms with Gasteiger partial charge in [0.05, 0.1) is 15.9 Å². The van der Waals surface area contributed by atoms with E-state index in [4.69, 9.17) is 14.5 Å². The minimum absolute atomic E-state index is 0.195. The highest BCUT2D eigenvalue weighted by molar-refractivity contribution is 7.20. The zero-order valence-corrected chi connectivity index (χ0v) is 17.3. The summed E-state index contributed by atoms with van der Waals surface area (Å²) in [6, 6.07) is 19.2. The van der Waals surface area contributed by atoms with Crippen molar-refractivity contribution >= 4 is 44.1 Å². The maximum atomic E-state index is 13.1. The molecule has 0 saturated carbocycles. The molecule has 1 aliphatic rings. The molecule has 0 aliphatic carbocycles. The number of amides is 1. The van der Waals surface area contributed by atoms with Gasteiger partial charge in [0.15, 0.2) is 11.5 Å². The predicted octanol–water partition coefficient (Wildman–Crippen LogP) is 4.92. The van der Waals surface area contributed by atoms with Crippen LogP contribution in [0.3, 0.4) is 0 Å². The summed E-state index contributed by atoms with van der Waals surface area (Å²) in [7, 11) is 0. The molecule has 0 unspecified atom stereocenters. The first kappa shape index (κ1) is 17.9. The fraction of sp³-hybridized carbons (Fsp3) is 0.0870. The molecule has 0 spiro atoms. The summed E-state index contributed by atoms with van der Waals surface area (Å²) in [6.45, 7) is 2.11. The third-order valence-electron chi connectivity index (χ3n) is 5.16. The largest absolute Gasteiger partial charge is 0.454 e. The summed E-state index contributed by atoms with van der Waals surface area (Å²) in [4.78, 5) is 17.8. The Labute approximate surface area is 180 Å². The van der Waals surface area contributed by atoms with Gasteiger partial charge in [0.25, 0.3) is 5.91 Å². The molecule has 6 rings (SSSR count). The molecule has 0 radical (unpaired) electrons. The lowest BCUT2D eigenvalue weighted by Gasteiger charge is -2.09. The molecule has 152 valence electrons. The number of aryl methyl sites for hydroxylation is 1. The number of hydrogen-bond acceptors (Lipinski definition) is 6. The Morgan fingerprint density at radius 1 is 1.06 bits per heavy atom. The van der Waals surface area contributed by atoms with Gasteiger partial charge in [0, 0.05) is 23.8 Å². The van der Waals surface area contributed by atoms with Crippen molar-refractivity contribution in [3.63, 3.8) is 0 Å². The van der Waals surface area contributed by atoms with Crippen molar-refractivity contribution in [3.8, 4) is 16.6 Å². The molecule has 3 aromatic carbocycles. The number of thiazole rings is 1. The number of rotatable bonds is 3. The molecule has 31 heavy (non-hydrogen) atoms. The summed E-state index contributed by atoms with van der Waals surface area (Å²) < 4.78 is 13.5. The van der Waals surface area contributed by atoms with Crippen LogP contribution >= 0.6 is 11.3 Å². The van der Waals surface area contributed by atoms with E-state index in [-0.39, 0.29) is 12.7 Å². The van der Waals surface area contributed by atoms with Crippen LogP contribution in [0.15, 0.2) is 60.7 Å². The third-order valence-corrected chi connectivity index (χ3v) is 6.15. The highest BCUT2D eigenvalue weighted by Gasteiger charge is 2.20. The molecule has 0 saturated heterocycles. The zero-order valence-electron chi connectivity index (χ0n) is 16.5. The van der Waals surface area contributed by atoms with Crippen LogP contribution in [0.25, 0.3) is 26.1 Å². The van der Waals surface area contributed by atoms with Gasteiger partial charge in [-0.1, -0.05) is 47.7 Å². The maximum absolute atomic E-state index is 13.1. The third kappa shape index (κ3) is 3.00. The molecule has 1 amide bonds. The van der Waals surface area contributed by atoms with Gasteiger partial charge in [-0.05, 0) is 23.8 Å². The lowest BCUT2D eigenvalue weighted by Crippen LogP contribution is -2.15. The molecule has 3 heterocycles. The van der Waals surface area contributed by atoms with Crippen molar-refractivity contribution in [2.24, 2.45) is 0 Å². The van der Waals surface area contributed by atoms with Gasteiger partial charge in [0.2, 0.25) is 11.9 Å². The summed E-state index contributed by atoms with van der Waals surface area (Å²) in [5.41, 5.74) is 2.18. The van der Waals surface area contributed by atoms with E-state index in [1.165, 1.54) is 11.3 Å². The van der Waals surface area contributed by atoms with E-state index < -0.39 is 0 Å². The first-order valence-corrected chi connectivity index (χ1v) is 10.5. The lowest BCUT2D eigenvalue weighted by atomic mass is 10.0. The number of ether oxygens (including phenoxy) is 2. The van der Waals surface area contributed by atoms with Crippen LogP contribution in [0.4, 0.5) is 5.82 Å². The maximum Gasteiger partial charge on any atom is 0.257 e. The van der Waals surface area contributed by atoms with E-state index in [1.54, 1.807) is 4.68 Å². The van der Waals surface area contributed by atoms with Crippen LogP contribution in [0, 0.1) is 6.92 Å². The quantitative estimate of drug-likeness (QED) is 0.441. The van der Waals surface area contributed by atoms with Gasteiger partial charge >= 0.3 is 0 Å². The molecule has 7 nitrogen and oxygen atoms in total. The average Bonchev–Trinajstić information content (AvgIpc) is 3.49. The summed E-state index contributed by atoms with van der Waals surface area (Å²) >= 11 is 1.47. The zero-order chi connectivity index (χ0) is 20.9. The van der Waals surface area contributed by atoms with E-state index in [0.29, 0.717) is 28.0 Å². The second kappa shape index (κ2) is 6.82. The molecule has 2 aromatic heterocycles. The van der Waals surface area contributed by atoms with Gasteiger partial charge in [-0.15, -0.1) is 0 Å². The minimum Gasteiger partial charge on any atom is -0.454 e. The van der Waals surface area contributed by atoms with Gasteiger partial charge in [-0.3, -0.25) is 4.79 Å². The topological polar surface area (TPSA) is 78.3 Å². The standard InChI is InChI=1S/C23H16N4O3S/c1-13-9-21(25-22(28)16-8-4-6-14-5-2-3-7-15(14)16)27(26-13)23-24-17-10-18-19(30-12-29-18)11-20(17)31-23/h2-11H,12H2,1H3,(H,25,28). The number of benzene rings is 3. The average molecular weight is 428 g/mol. The number of nitrogens with one attached hydrogen (secondary N) is 1. The Morgan fingerprint density at radius 2 is 1.87 bits per heavy atom. The van der Waals surface area contributed by atoms with Crippen LogP contribution in [0.5, 0.6) is 11.5 Å². The normalized spacial score (nSPS) is 12.5. The van der Waals surface area contributed by atoms with Gasteiger partial charge < -0.3 is 14.8 Å². The first-order valence-electron chi connectivity index (χ1n) is 9.72. The Balaban J connectivity index is 1.38. The van der Waals surface area contributed by atoms with Gasteiger partial charge in [-0.2, -0.15) is 9.78 Å². The fourth-order valence-corrected chi connectivity index (χ4v) is 4.68. The monoisotopic (exact) mass is 428 g/mol. The van der Waals surface area contributed by atoms with Crippen LogP contribution in [0.1, 0.15) is 16.1 Å². The Hall–Kier alpha value is -3.91. The number of aromatic nitrogens is 3. The van der Waals surface area contributed by atoms with Crippen molar-refractivity contribution in [3.05, 3.63) is 71.9 Å². The minimum atomic E-state index is -0.195. The second-order valence-corrected chi connectivity index (χ2v) is 8.24. The SMILES string of the molecule is Cc1cc(NC(=O)c2cccc3ccccc23)n(-c2nc3cc4c(cc3s2)OCO4)n1. The highest BCUT2D eigenvalue weighted by Crippen LogP contribution is 2.39. The van der Waals surface area contributed by atoms with Crippen LogP contribution in [-0.4, -0.2) is 27.5 Å². The molecule has 1 N–H and O–H groups in total. The number of anilines is 1. The van der Waals surface area contributed by atoms with Crippen LogP contribution in [-0.2, 0) is 0 Å². The van der Waals surface area contributed by atoms with Crippen LogP contribution < -0.4 is 14.8 Å². The first-order chi connectivity index (χ1) is 15.2. The Kier molecular flexibility index (Phi) is 3.94. The van der Waals surface area contributed by atoms with Crippen molar-refractivity contribution in [1.29, 1.82) is 0 Å². The Morgan fingerprint density at radius 3 is 2.77 bits per heavy atom. The molecule has 0 fully saturated rings. The predicted molar refractivity (Wildman–Crippen MR) is 120 cm³/mol. The summed E-state index contributed by atoms with van der Waals surface area (Å²) in [5.74, 6) is 1.77. The molecule has 1 aliphatic heterocycles. The van der Waals surface area contributed by atoms with Crippen LogP contribution in [0.2, 0.25) is 0 Å². The number of nitrogens with zero attached hydrogens (tertiary/aromatic N) is 3.